The SMILES string of the molecule is Fc1cccc(F)c1CNCc1cc(Br)cc2c1OCC2. The molecule has 0 radical (unpaired) electrons. The Balaban J connectivity index is 1.72. The van der Waals surface area contributed by atoms with Gasteiger partial charge >= 0.3 is 0 Å². The second-order valence-corrected chi connectivity index (χ2v) is 5.87. The van der Waals surface area contributed by atoms with E-state index < -0.39 is 11.6 Å². The van der Waals surface area contributed by atoms with Crippen molar-refractivity contribution in [2.75, 3.05) is 6.61 Å². The van der Waals surface area contributed by atoms with Crippen LogP contribution in [-0.2, 0) is 19.5 Å². The number of benzene rings is 2. The molecule has 0 saturated heterocycles. The maximum Gasteiger partial charge on any atom is 0.130 e. The first-order valence-electron chi connectivity index (χ1n) is 6.73. The summed E-state index contributed by atoms with van der Waals surface area (Å²) in [5.74, 6) is -0.170. The molecule has 0 unspecified atom stereocenters. The molecule has 1 heterocycles. The molecule has 1 N–H and O–H groups in total. The topological polar surface area (TPSA) is 21.3 Å². The molecule has 0 amide bonds. The van der Waals surface area contributed by atoms with E-state index in [1.165, 1.54) is 23.8 Å². The Morgan fingerprint density at radius 1 is 1.14 bits per heavy atom. The molecule has 0 spiro atoms. The molecule has 0 saturated carbocycles. The Morgan fingerprint density at radius 3 is 2.67 bits per heavy atom. The van der Waals surface area contributed by atoms with Crippen LogP contribution in [0.4, 0.5) is 8.78 Å². The van der Waals surface area contributed by atoms with Gasteiger partial charge in [-0.25, -0.2) is 8.78 Å². The summed E-state index contributed by atoms with van der Waals surface area (Å²) in [5, 5.41) is 3.08. The molecule has 0 aromatic heterocycles. The lowest BCUT2D eigenvalue weighted by molar-refractivity contribution is 0.352. The van der Waals surface area contributed by atoms with Crippen LogP contribution in [0.15, 0.2) is 34.8 Å². The molecule has 110 valence electrons. The second kappa shape index (κ2) is 6.12. The van der Waals surface area contributed by atoms with Gasteiger partial charge in [0, 0.05) is 35.1 Å². The van der Waals surface area contributed by atoms with E-state index >= 15 is 0 Å². The molecule has 3 rings (SSSR count). The van der Waals surface area contributed by atoms with Gasteiger partial charge in [0.05, 0.1) is 6.61 Å². The van der Waals surface area contributed by atoms with Crippen molar-refractivity contribution in [2.45, 2.75) is 19.5 Å². The lowest BCUT2D eigenvalue weighted by Crippen LogP contribution is -2.15. The fraction of sp³-hybridized carbons (Fsp3) is 0.250. The van der Waals surface area contributed by atoms with Gasteiger partial charge in [-0.05, 0) is 29.8 Å². The van der Waals surface area contributed by atoms with Crippen LogP contribution >= 0.6 is 15.9 Å². The average molecular weight is 354 g/mol. The van der Waals surface area contributed by atoms with E-state index in [1.54, 1.807) is 0 Å². The lowest BCUT2D eigenvalue weighted by atomic mass is 10.1. The van der Waals surface area contributed by atoms with Crippen molar-refractivity contribution in [2.24, 2.45) is 0 Å². The zero-order valence-electron chi connectivity index (χ0n) is 11.3. The summed E-state index contributed by atoms with van der Waals surface area (Å²) in [5.41, 5.74) is 2.22. The minimum Gasteiger partial charge on any atom is -0.493 e. The predicted molar refractivity (Wildman–Crippen MR) is 80.2 cm³/mol. The lowest BCUT2D eigenvalue weighted by Gasteiger charge is -2.11. The first-order chi connectivity index (χ1) is 10.1. The molecular weight excluding hydrogens is 340 g/mol. The number of hydrogen-bond acceptors (Lipinski definition) is 2. The number of ether oxygens (including phenoxy) is 1. The van der Waals surface area contributed by atoms with E-state index in [9.17, 15) is 8.78 Å². The van der Waals surface area contributed by atoms with Crippen molar-refractivity contribution >= 4 is 15.9 Å². The van der Waals surface area contributed by atoms with E-state index in [2.05, 4.69) is 21.2 Å². The molecule has 1 aliphatic rings. The standard InChI is InChI=1S/C16H14BrF2NO/c17-12-6-10-4-5-21-16(10)11(7-12)8-20-9-13-14(18)2-1-3-15(13)19/h1-3,6-7,20H,4-5,8-9H2. The molecule has 21 heavy (non-hydrogen) atoms. The maximum atomic E-state index is 13.5. The van der Waals surface area contributed by atoms with Gasteiger partial charge in [-0.2, -0.15) is 0 Å². The first kappa shape index (κ1) is 14.5. The quantitative estimate of drug-likeness (QED) is 0.898. The van der Waals surface area contributed by atoms with Crippen molar-refractivity contribution in [3.63, 3.8) is 0 Å². The molecular formula is C16H14BrF2NO. The number of fused-ring (bicyclic) bond motifs is 1. The van der Waals surface area contributed by atoms with Gasteiger partial charge in [0.2, 0.25) is 0 Å². The summed E-state index contributed by atoms with van der Waals surface area (Å²) in [6.07, 6.45) is 0.893. The van der Waals surface area contributed by atoms with Crippen molar-refractivity contribution in [1.29, 1.82) is 0 Å². The van der Waals surface area contributed by atoms with Gasteiger partial charge in [0.25, 0.3) is 0 Å². The van der Waals surface area contributed by atoms with Crippen molar-refractivity contribution in [3.8, 4) is 5.75 Å². The predicted octanol–water partition coefficient (Wildman–Crippen LogP) is 3.95. The van der Waals surface area contributed by atoms with Gasteiger partial charge < -0.3 is 10.1 Å². The van der Waals surface area contributed by atoms with Crippen LogP contribution in [0.25, 0.3) is 0 Å². The van der Waals surface area contributed by atoms with E-state index in [1.807, 2.05) is 12.1 Å². The normalized spacial score (nSPS) is 13.1. The third-order valence-electron chi connectivity index (χ3n) is 3.50. The highest BCUT2D eigenvalue weighted by atomic mass is 79.9. The Kier molecular flexibility index (Phi) is 4.22. The van der Waals surface area contributed by atoms with E-state index in [0.717, 1.165) is 22.2 Å². The number of nitrogens with one attached hydrogen (secondary N) is 1. The van der Waals surface area contributed by atoms with Crippen LogP contribution < -0.4 is 10.1 Å². The molecule has 2 nitrogen and oxygen atoms in total. The molecule has 0 aliphatic carbocycles. The molecule has 0 bridgehead atoms. The highest BCUT2D eigenvalue weighted by Gasteiger charge is 2.17. The number of rotatable bonds is 4. The largest absolute Gasteiger partial charge is 0.493 e. The zero-order valence-corrected chi connectivity index (χ0v) is 12.8. The number of halogens is 3. The van der Waals surface area contributed by atoms with Crippen LogP contribution in [0.1, 0.15) is 16.7 Å². The van der Waals surface area contributed by atoms with Gasteiger partial charge in [0.15, 0.2) is 0 Å². The molecule has 2 aromatic carbocycles. The molecule has 2 aromatic rings. The summed E-state index contributed by atoms with van der Waals surface area (Å²) < 4.78 is 33.7. The summed E-state index contributed by atoms with van der Waals surface area (Å²) >= 11 is 3.47. The third-order valence-corrected chi connectivity index (χ3v) is 3.96. The van der Waals surface area contributed by atoms with Crippen LogP contribution in [0.3, 0.4) is 0 Å². The highest BCUT2D eigenvalue weighted by molar-refractivity contribution is 9.10. The van der Waals surface area contributed by atoms with E-state index in [0.29, 0.717) is 13.2 Å². The fourth-order valence-electron chi connectivity index (χ4n) is 2.50. The van der Waals surface area contributed by atoms with Crippen LogP contribution in [0.2, 0.25) is 0 Å². The summed E-state index contributed by atoms with van der Waals surface area (Å²) in [4.78, 5) is 0. The zero-order chi connectivity index (χ0) is 14.8. The molecule has 0 fully saturated rings. The van der Waals surface area contributed by atoms with Crippen molar-refractivity contribution < 1.29 is 13.5 Å². The van der Waals surface area contributed by atoms with Crippen molar-refractivity contribution in [3.05, 3.63) is 63.1 Å². The van der Waals surface area contributed by atoms with Gasteiger partial charge in [-0.1, -0.05) is 22.0 Å². The Hall–Kier alpha value is -1.46. The maximum absolute atomic E-state index is 13.5. The van der Waals surface area contributed by atoms with Gasteiger partial charge in [-0.15, -0.1) is 0 Å². The van der Waals surface area contributed by atoms with Gasteiger partial charge in [0.1, 0.15) is 17.4 Å². The van der Waals surface area contributed by atoms with Crippen LogP contribution in [0.5, 0.6) is 5.75 Å². The third kappa shape index (κ3) is 3.09. The summed E-state index contributed by atoms with van der Waals surface area (Å²) in [6, 6.07) is 7.90. The monoisotopic (exact) mass is 353 g/mol. The summed E-state index contributed by atoms with van der Waals surface area (Å²) in [6.45, 7) is 1.32. The highest BCUT2D eigenvalue weighted by Crippen LogP contribution is 2.32. The number of hydrogen-bond donors (Lipinski definition) is 1. The molecule has 0 atom stereocenters. The van der Waals surface area contributed by atoms with Gasteiger partial charge in [-0.3, -0.25) is 0 Å². The van der Waals surface area contributed by atoms with E-state index in [-0.39, 0.29) is 12.1 Å². The first-order valence-corrected chi connectivity index (χ1v) is 7.52. The van der Waals surface area contributed by atoms with Crippen LogP contribution in [0, 0.1) is 11.6 Å². The van der Waals surface area contributed by atoms with Crippen LogP contribution in [-0.4, -0.2) is 6.61 Å². The smallest absolute Gasteiger partial charge is 0.130 e. The molecule has 5 heteroatoms. The Labute approximate surface area is 130 Å². The minimum atomic E-state index is -0.529. The Bertz CT molecular complexity index is 655. The van der Waals surface area contributed by atoms with E-state index in [4.69, 9.17) is 4.74 Å². The average Bonchev–Trinajstić information content (AvgIpc) is 2.90. The second-order valence-electron chi connectivity index (χ2n) is 4.96. The van der Waals surface area contributed by atoms with Crippen molar-refractivity contribution in [1.82, 2.24) is 5.32 Å². The summed E-state index contributed by atoms with van der Waals surface area (Å²) in [7, 11) is 0. The molecule has 1 aliphatic heterocycles. The fourth-order valence-corrected chi connectivity index (χ4v) is 3.05. The minimum absolute atomic E-state index is 0.0602. The Morgan fingerprint density at radius 2 is 1.90 bits per heavy atom.